The standard InChI is InChI=1S/C19H21ClN2O/c1-14-3-2-12-22(14)19(23)16-6-10-18(11-7-16)21-13-15-4-8-17(20)9-5-15/h4-11,14,21H,2-3,12-13H2,1H3. The molecule has 3 rings (SSSR count). The molecule has 120 valence electrons. The minimum absolute atomic E-state index is 0.138. The van der Waals surface area contributed by atoms with Gasteiger partial charge < -0.3 is 10.2 Å². The molecule has 0 saturated carbocycles. The molecule has 0 radical (unpaired) electrons. The van der Waals surface area contributed by atoms with Crippen molar-refractivity contribution in [3.8, 4) is 0 Å². The van der Waals surface area contributed by atoms with E-state index in [1.165, 1.54) is 5.56 Å². The van der Waals surface area contributed by atoms with Crippen LogP contribution < -0.4 is 5.32 Å². The molecule has 1 aliphatic heterocycles. The van der Waals surface area contributed by atoms with Gasteiger partial charge in [-0.2, -0.15) is 0 Å². The molecule has 2 aromatic rings. The summed E-state index contributed by atoms with van der Waals surface area (Å²) >= 11 is 5.88. The molecule has 1 aliphatic rings. The molecule has 1 saturated heterocycles. The van der Waals surface area contributed by atoms with Crippen molar-refractivity contribution in [2.24, 2.45) is 0 Å². The van der Waals surface area contributed by atoms with Crippen LogP contribution in [0.4, 0.5) is 5.69 Å². The summed E-state index contributed by atoms with van der Waals surface area (Å²) in [5.41, 5.74) is 2.93. The summed E-state index contributed by atoms with van der Waals surface area (Å²) in [5, 5.41) is 4.10. The molecule has 1 atom stereocenters. The zero-order valence-corrected chi connectivity index (χ0v) is 14.0. The fourth-order valence-electron chi connectivity index (χ4n) is 2.94. The van der Waals surface area contributed by atoms with Crippen LogP contribution in [0.3, 0.4) is 0 Å². The first-order valence-corrected chi connectivity index (χ1v) is 8.40. The number of amides is 1. The van der Waals surface area contributed by atoms with E-state index in [1.54, 1.807) is 0 Å². The summed E-state index contributed by atoms with van der Waals surface area (Å²) in [6, 6.07) is 15.9. The molecular formula is C19H21ClN2O. The predicted octanol–water partition coefficient (Wildman–Crippen LogP) is 4.58. The molecule has 1 heterocycles. The van der Waals surface area contributed by atoms with Crippen LogP contribution in [0.1, 0.15) is 35.7 Å². The lowest BCUT2D eigenvalue weighted by molar-refractivity contribution is 0.0747. The van der Waals surface area contributed by atoms with Gasteiger partial charge >= 0.3 is 0 Å². The first-order chi connectivity index (χ1) is 11.1. The minimum atomic E-state index is 0.138. The maximum Gasteiger partial charge on any atom is 0.254 e. The maximum absolute atomic E-state index is 12.5. The first kappa shape index (κ1) is 15.9. The number of nitrogens with zero attached hydrogens (tertiary/aromatic N) is 1. The van der Waals surface area contributed by atoms with Gasteiger partial charge in [-0.1, -0.05) is 23.7 Å². The number of carbonyl (C=O) groups excluding carboxylic acids is 1. The van der Waals surface area contributed by atoms with Crippen molar-refractivity contribution in [1.82, 2.24) is 4.90 Å². The molecule has 0 aliphatic carbocycles. The van der Waals surface area contributed by atoms with Crippen molar-refractivity contribution in [1.29, 1.82) is 0 Å². The number of nitrogens with one attached hydrogen (secondary N) is 1. The van der Waals surface area contributed by atoms with Crippen LogP contribution in [0.25, 0.3) is 0 Å². The van der Waals surface area contributed by atoms with E-state index in [-0.39, 0.29) is 5.91 Å². The smallest absolute Gasteiger partial charge is 0.254 e. The Labute approximate surface area is 142 Å². The minimum Gasteiger partial charge on any atom is -0.381 e. The van der Waals surface area contributed by atoms with Gasteiger partial charge in [0.1, 0.15) is 0 Å². The Morgan fingerprint density at radius 3 is 2.48 bits per heavy atom. The zero-order chi connectivity index (χ0) is 16.2. The zero-order valence-electron chi connectivity index (χ0n) is 13.3. The summed E-state index contributed by atoms with van der Waals surface area (Å²) in [6.45, 7) is 3.72. The normalized spacial score (nSPS) is 17.3. The number of hydrogen-bond donors (Lipinski definition) is 1. The number of anilines is 1. The van der Waals surface area contributed by atoms with Gasteiger partial charge in [0.05, 0.1) is 0 Å². The molecule has 0 bridgehead atoms. The lowest BCUT2D eigenvalue weighted by Crippen LogP contribution is -2.33. The third-order valence-electron chi connectivity index (χ3n) is 4.36. The van der Waals surface area contributed by atoms with E-state index >= 15 is 0 Å². The third kappa shape index (κ3) is 3.85. The Balaban J connectivity index is 1.60. The molecule has 23 heavy (non-hydrogen) atoms. The van der Waals surface area contributed by atoms with Crippen LogP contribution in [-0.4, -0.2) is 23.4 Å². The van der Waals surface area contributed by atoms with E-state index in [0.29, 0.717) is 6.04 Å². The van der Waals surface area contributed by atoms with Gasteiger partial charge in [0.25, 0.3) is 5.91 Å². The predicted molar refractivity (Wildman–Crippen MR) is 95.0 cm³/mol. The van der Waals surface area contributed by atoms with Gasteiger partial charge in [0, 0.05) is 35.4 Å². The van der Waals surface area contributed by atoms with E-state index in [4.69, 9.17) is 11.6 Å². The molecular weight excluding hydrogens is 308 g/mol. The Bertz CT molecular complexity index is 667. The van der Waals surface area contributed by atoms with Crippen LogP contribution in [-0.2, 0) is 6.54 Å². The molecule has 1 unspecified atom stereocenters. The summed E-state index contributed by atoms with van der Waals surface area (Å²) in [5.74, 6) is 0.138. The SMILES string of the molecule is CC1CCCN1C(=O)c1ccc(NCc2ccc(Cl)cc2)cc1. The van der Waals surface area contributed by atoms with E-state index in [9.17, 15) is 4.79 Å². The fourth-order valence-corrected chi connectivity index (χ4v) is 3.06. The van der Waals surface area contributed by atoms with E-state index in [2.05, 4.69) is 12.2 Å². The largest absolute Gasteiger partial charge is 0.381 e. The first-order valence-electron chi connectivity index (χ1n) is 8.03. The van der Waals surface area contributed by atoms with Crippen LogP contribution >= 0.6 is 11.6 Å². The van der Waals surface area contributed by atoms with Gasteiger partial charge in [-0.15, -0.1) is 0 Å². The number of halogens is 1. The molecule has 1 amide bonds. The number of hydrogen-bond acceptors (Lipinski definition) is 2. The van der Waals surface area contributed by atoms with Crippen molar-refractivity contribution in [3.05, 3.63) is 64.7 Å². The van der Waals surface area contributed by atoms with Gasteiger partial charge in [-0.25, -0.2) is 0 Å². The van der Waals surface area contributed by atoms with Crippen molar-refractivity contribution in [2.75, 3.05) is 11.9 Å². The summed E-state index contributed by atoms with van der Waals surface area (Å²) in [4.78, 5) is 14.4. The maximum atomic E-state index is 12.5. The number of likely N-dealkylation sites (tertiary alicyclic amines) is 1. The van der Waals surface area contributed by atoms with Crippen molar-refractivity contribution < 1.29 is 4.79 Å². The highest BCUT2D eigenvalue weighted by Gasteiger charge is 2.25. The van der Waals surface area contributed by atoms with Gasteiger partial charge in [0.2, 0.25) is 0 Å². The quantitative estimate of drug-likeness (QED) is 0.891. The third-order valence-corrected chi connectivity index (χ3v) is 4.61. The number of carbonyl (C=O) groups is 1. The van der Waals surface area contributed by atoms with E-state index < -0.39 is 0 Å². The molecule has 4 heteroatoms. The molecule has 1 N–H and O–H groups in total. The highest BCUT2D eigenvalue weighted by atomic mass is 35.5. The van der Waals surface area contributed by atoms with Crippen LogP contribution in [0.5, 0.6) is 0 Å². The summed E-state index contributed by atoms with van der Waals surface area (Å²) < 4.78 is 0. The topological polar surface area (TPSA) is 32.3 Å². The molecule has 1 fully saturated rings. The average molecular weight is 329 g/mol. The lowest BCUT2D eigenvalue weighted by atomic mass is 10.1. The van der Waals surface area contributed by atoms with Crippen molar-refractivity contribution >= 4 is 23.2 Å². The summed E-state index contributed by atoms with van der Waals surface area (Å²) in [7, 11) is 0. The monoisotopic (exact) mass is 328 g/mol. The Morgan fingerprint density at radius 1 is 1.17 bits per heavy atom. The van der Waals surface area contributed by atoms with Gasteiger partial charge in [-0.05, 0) is 61.7 Å². The molecule has 0 spiro atoms. The van der Waals surface area contributed by atoms with Crippen molar-refractivity contribution in [3.63, 3.8) is 0 Å². The molecule has 3 nitrogen and oxygen atoms in total. The highest BCUT2D eigenvalue weighted by molar-refractivity contribution is 6.30. The Morgan fingerprint density at radius 2 is 1.87 bits per heavy atom. The van der Waals surface area contributed by atoms with E-state index in [0.717, 1.165) is 42.2 Å². The number of benzene rings is 2. The second-order valence-corrected chi connectivity index (χ2v) is 6.48. The van der Waals surface area contributed by atoms with Crippen molar-refractivity contribution in [2.45, 2.75) is 32.4 Å². The Kier molecular flexibility index (Phi) is 4.87. The molecule has 0 aromatic heterocycles. The second-order valence-electron chi connectivity index (χ2n) is 6.05. The van der Waals surface area contributed by atoms with Crippen LogP contribution in [0.15, 0.2) is 48.5 Å². The van der Waals surface area contributed by atoms with Crippen LogP contribution in [0, 0.1) is 0 Å². The lowest BCUT2D eigenvalue weighted by Gasteiger charge is -2.21. The highest BCUT2D eigenvalue weighted by Crippen LogP contribution is 2.20. The number of rotatable bonds is 4. The molecule has 2 aromatic carbocycles. The average Bonchev–Trinajstić information content (AvgIpc) is 3.00. The Hall–Kier alpha value is -2.00. The van der Waals surface area contributed by atoms with Gasteiger partial charge in [-0.3, -0.25) is 4.79 Å². The fraction of sp³-hybridized carbons (Fsp3) is 0.316. The second kappa shape index (κ2) is 7.05. The summed E-state index contributed by atoms with van der Waals surface area (Å²) in [6.07, 6.45) is 2.21. The van der Waals surface area contributed by atoms with E-state index in [1.807, 2.05) is 53.4 Å². The van der Waals surface area contributed by atoms with Crippen LogP contribution in [0.2, 0.25) is 5.02 Å². The van der Waals surface area contributed by atoms with Gasteiger partial charge in [0.15, 0.2) is 0 Å².